The van der Waals surface area contributed by atoms with Gasteiger partial charge in [0.25, 0.3) is 0 Å². The van der Waals surface area contributed by atoms with Gasteiger partial charge in [-0.15, -0.1) is 0 Å². The van der Waals surface area contributed by atoms with Crippen LogP contribution in [0, 0.1) is 0 Å². The minimum Gasteiger partial charge on any atom is -0.480 e. The number of H-pyrrole nitrogens is 2. The second-order valence-corrected chi connectivity index (χ2v) is 6.89. The molecule has 3 atom stereocenters. The molecule has 31 heavy (non-hydrogen) atoms. The van der Waals surface area contributed by atoms with E-state index < -0.39 is 41.8 Å². The number of carbonyl (C=O) groups excluding carboxylic acids is 3. The van der Waals surface area contributed by atoms with Gasteiger partial charge in [0.1, 0.15) is 18.1 Å². The number of aromatic amines is 2. The third-order valence-electron chi connectivity index (χ3n) is 4.23. The molecular formula is C17H24N8O5S. The summed E-state index contributed by atoms with van der Waals surface area (Å²) in [4.78, 5) is 61.8. The minimum absolute atomic E-state index is 0.0245. The Balaban J connectivity index is 2.04. The molecule has 0 aliphatic heterocycles. The Kier molecular flexibility index (Phi) is 9.02. The monoisotopic (exact) mass is 452 g/mol. The fraction of sp³-hybridized carbons (Fsp3) is 0.412. The van der Waals surface area contributed by atoms with Crippen molar-refractivity contribution in [3.63, 3.8) is 0 Å². The van der Waals surface area contributed by atoms with Crippen molar-refractivity contribution in [3.05, 3.63) is 36.4 Å². The van der Waals surface area contributed by atoms with E-state index in [9.17, 15) is 24.3 Å². The SMILES string of the molecule is NCC(=O)NC(Cc1cnc[nH]1)C(=O)NC(CS)C(=O)NC(Cc1cnc[nH]1)C(=O)O. The summed E-state index contributed by atoms with van der Waals surface area (Å²) in [7, 11) is 0. The number of carboxylic acid groups (broad SMARTS) is 1. The molecule has 0 saturated carbocycles. The molecule has 8 N–H and O–H groups in total. The maximum atomic E-state index is 12.7. The lowest BCUT2D eigenvalue weighted by molar-refractivity contribution is -0.142. The number of nitrogens with two attached hydrogens (primary N) is 1. The summed E-state index contributed by atoms with van der Waals surface area (Å²) in [6.45, 7) is -0.322. The summed E-state index contributed by atoms with van der Waals surface area (Å²) in [5.74, 6) is -3.31. The van der Waals surface area contributed by atoms with Gasteiger partial charge in [0, 0.05) is 42.4 Å². The fourth-order valence-electron chi connectivity index (χ4n) is 2.63. The number of aliphatic carboxylic acids is 1. The number of nitrogens with zero attached hydrogens (tertiary/aromatic N) is 2. The number of hydrogen-bond acceptors (Lipinski definition) is 8. The largest absolute Gasteiger partial charge is 0.480 e. The number of aromatic nitrogens is 4. The normalized spacial score (nSPS) is 13.6. The lowest BCUT2D eigenvalue weighted by atomic mass is 10.1. The van der Waals surface area contributed by atoms with E-state index in [1.807, 2.05) is 0 Å². The molecule has 0 spiro atoms. The highest BCUT2D eigenvalue weighted by Gasteiger charge is 2.29. The van der Waals surface area contributed by atoms with Crippen molar-refractivity contribution in [2.75, 3.05) is 12.3 Å². The third-order valence-corrected chi connectivity index (χ3v) is 4.59. The molecule has 13 nitrogen and oxygen atoms in total. The second kappa shape index (κ2) is 11.7. The van der Waals surface area contributed by atoms with E-state index in [-0.39, 0.29) is 25.1 Å². The average molecular weight is 452 g/mol. The van der Waals surface area contributed by atoms with Gasteiger partial charge in [0.15, 0.2) is 0 Å². The van der Waals surface area contributed by atoms with Crippen LogP contribution in [-0.4, -0.2) is 79.2 Å². The summed E-state index contributed by atoms with van der Waals surface area (Å²) < 4.78 is 0. The highest BCUT2D eigenvalue weighted by Crippen LogP contribution is 2.03. The molecule has 0 radical (unpaired) electrons. The van der Waals surface area contributed by atoms with E-state index in [1.165, 1.54) is 25.0 Å². The van der Waals surface area contributed by atoms with Gasteiger partial charge in [-0.2, -0.15) is 12.6 Å². The molecule has 3 unspecified atom stereocenters. The summed E-state index contributed by atoms with van der Waals surface area (Å²) in [6, 6.07) is -3.42. The van der Waals surface area contributed by atoms with Gasteiger partial charge in [-0.05, 0) is 0 Å². The lowest BCUT2D eigenvalue weighted by Crippen LogP contribution is -2.57. The first-order valence-electron chi connectivity index (χ1n) is 9.22. The Morgan fingerprint density at radius 3 is 1.90 bits per heavy atom. The molecule has 2 aromatic rings. The number of rotatable bonds is 12. The predicted octanol–water partition coefficient (Wildman–Crippen LogP) is -2.65. The Bertz CT molecular complexity index is 873. The maximum absolute atomic E-state index is 12.7. The van der Waals surface area contributed by atoms with Crippen LogP contribution in [0.5, 0.6) is 0 Å². The minimum atomic E-state index is -1.25. The van der Waals surface area contributed by atoms with Gasteiger partial charge in [0.2, 0.25) is 17.7 Å². The van der Waals surface area contributed by atoms with Crippen LogP contribution >= 0.6 is 12.6 Å². The van der Waals surface area contributed by atoms with Gasteiger partial charge in [-0.1, -0.05) is 0 Å². The standard InChI is InChI=1S/C17H24N8O5S/c18-3-14(26)23-11(1-9-4-19-7-21-9)15(27)25-13(6-31)16(28)24-12(17(29)30)2-10-5-20-8-22-10/h4-5,7-8,11-13,31H,1-3,6,18H2,(H,19,21)(H,20,22)(H,23,26)(H,24,28)(H,25,27)(H,29,30). The van der Waals surface area contributed by atoms with Crippen LogP contribution in [0.4, 0.5) is 0 Å². The first kappa shape index (κ1) is 23.9. The van der Waals surface area contributed by atoms with E-state index in [4.69, 9.17) is 5.73 Å². The highest BCUT2D eigenvalue weighted by atomic mass is 32.1. The van der Waals surface area contributed by atoms with Gasteiger partial charge in [-0.25, -0.2) is 14.8 Å². The van der Waals surface area contributed by atoms with Crippen molar-refractivity contribution in [2.45, 2.75) is 31.0 Å². The fourth-order valence-corrected chi connectivity index (χ4v) is 2.89. The number of imidazole rings is 2. The van der Waals surface area contributed by atoms with Crippen LogP contribution < -0.4 is 21.7 Å². The molecule has 2 heterocycles. The molecule has 168 valence electrons. The van der Waals surface area contributed by atoms with Crippen LogP contribution in [0.15, 0.2) is 25.0 Å². The maximum Gasteiger partial charge on any atom is 0.326 e. The molecular weight excluding hydrogens is 428 g/mol. The summed E-state index contributed by atoms with van der Waals surface area (Å²) in [6.07, 6.45) is 5.80. The summed E-state index contributed by atoms with van der Waals surface area (Å²) >= 11 is 4.08. The van der Waals surface area contributed by atoms with Crippen LogP contribution in [0.1, 0.15) is 11.4 Å². The number of amides is 3. The molecule has 0 aliphatic rings. The summed E-state index contributed by atoms with van der Waals surface area (Å²) in [5, 5.41) is 16.7. The Hall–Kier alpha value is -3.39. The van der Waals surface area contributed by atoms with E-state index in [2.05, 4.69) is 48.5 Å². The average Bonchev–Trinajstić information content (AvgIpc) is 3.44. The Morgan fingerprint density at radius 2 is 1.45 bits per heavy atom. The van der Waals surface area contributed by atoms with Crippen molar-refractivity contribution in [1.29, 1.82) is 0 Å². The van der Waals surface area contributed by atoms with E-state index in [1.54, 1.807) is 0 Å². The number of nitrogens with one attached hydrogen (secondary N) is 5. The van der Waals surface area contributed by atoms with Crippen LogP contribution in [-0.2, 0) is 32.0 Å². The molecule has 0 bridgehead atoms. The van der Waals surface area contributed by atoms with Crippen LogP contribution in [0.2, 0.25) is 0 Å². The van der Waals surface area contributed by atoms with Crippen molar-refractivity contribution >= 4 is 36.3 Å². The van der Waals surface area contributed by atoms with Gasteiger partial charge >= 0.3 is 5.97 Å². The molecule has 0 aliphatic carbocycles. The van der Waals surface area contributed by atoms with Crippen molar-refractivity contribution in [1.82, 2.24) is 35.9 Å². The molecule has 2 rings (SSSR count). The zero-order valence-electron chi connectivity index (χ0n) is 16.4. The van der Waals surface area contributed by atoms with Crippen LogP contribution in [0.25, 0.3) is 0 Å². The van der Waals surface area contributed by atoms with E-state index in [0.717, 1.165) is 0 Å². The topological polar surface area (TPSA) is 208 Å². The van der Waals surface area contributed by atoms with E-state index >= 15 is 0 Å². The first-order valence-corrected chi connectivity index (χ1v) is 9.85. The van der Waals surface area contributed by atoms with Gasteiger partial charge < -0.3 is 36.8 Å². The van der Waals surface area contributed by atoms with Crippen LogP contribution in [0.3, 0.4) is 0 Å². The third kappa shape index (κ3) is 7.42. The molecule has 0 aromatic carbocycles. The Labute approximate surface area is 182 Å². The number of thiol groups is 1. The zero-order valence-corrected chi connectivity index (χ0v) is 17.3. The quantitative estimate of drug-likeness (QED) is 0.159. The molecule has 0 fully saturated rings. The molecule has 2 aromatic heterocycles. The predicted molar refractivity (Wildman–Crippen MR) is 111 cm³/mol. The van der Waals surface area contributed by atoms with Crippen molar-refractivity contribution in [2.24, 2.45) is 5.73 Å². The molecule has 14 heteroatoms. The van der Waals surface area contributed by atoms with Crippen molar-refractivity contribution in [3.8, 4) is 0 Å². The van der Waals surface area contributed by atoms with E-state index in [0.29, 0.717) is 11.4 Å². The second-order valence-electron chi connectivity index (χ2n) is 6.53. The number of carbonyl (C=O) groups is 4. The smallest absolute Gasteiger partial charge is 0.326 e. The van der Waals surface area contributed by atoms with Gasteiger partial charge in [0.05, 0.1) is 19.2 Å². The van der Waals surface area contributed by atoms with Gasteiger partial charge in [-0.3, -0.25) is 14.4 Å². The summed E-state index contributed by atoms with van der Waals surface area (Å²) in [5.41, 5.74) is 6.40. The zero-order chi connectivity index (χ0) is 22.8. The first-order chi connectivity index (χ1) is 14.8. The number of hydrogen-bond donors (Lipinski definition) is 8. The number of carboxylic acids is 1. The molecule has 0 saturated heterocycles. The van der Waals surface area contributed by atoms with Crippen molar-refractivity contribution < 1.29 is 24.3 Å². The highest BCUT2D eigenvalue weighted by molar-refractivity contribution is 7.80. The Morgan fingerprint density at radius 1 is 0.935 bits per heavy atom. The molecule has 3 amide bonds. The lowest BCUT2D eigenvalue weighted by Gasteiger charge is -2.23.